The van der Waals surface area contributed by atoms with Crippen LogP contribution in [0.3, 0.4) is 0 Å². The fourth-order valence-corrected chi connectivity index (χ4v) is 1.53. The number of ketones is 1. The number of rotatable bonds is 0. The Hall–Kier alpha value is -1.29. The van der Waals surface area contributed by atoms with Crippen molar-refractivity contribution in [2.24, 2.45) is 5.73 Å². The van der Waals surface area contributed by atoms with Crippen molar-refractivity contribution >= 4 is 5.78 Å². The van der Waals surface area contributed by atoms with E-state index < -0.39 is 17.7 Å². The van der Waals surface area contributed by atoms with Gasteiger partial charge in [0, 0.05) is 18.0 Å². The number of fused-ring (bicyclic) bond motifs is 1. The monoisotopic (exact) mass is 183 g/mol. The largest absolute Gasteiger partial charge is 0.324 e. The van der Waals surface area contributed by atoms with Crippen LogP contribution >= 0.6 is 0 Å². The van der Waals surface area contributed by atoms with Gasteiger partial charge in [0.05, 0.1) is 0 Å². The summed E-state index contributed by atoms with van der Waals surface area (Å²) in [5.74, 6) is -2.17. The fourth-order valence-electron chi connectivity index (χ4n) is 1.53. The van der Waals surface area contributed by atoms with Crippen molar-refractivity contribution in [3.05, 3.63) is 34.9 Å². The van der Waals surface area contributed by atoms with Gasteiger partial charge in [-0.2, -0.15) is 0 Å². The summed E-state index contributed by atoms with van der Waals surface area (Å²) in [6.45, 7) is 0. The van der Waals surface area contributed by atoms with Gasteiger partial charge in [-0.05, 0) is 17.7 Å². The van der Waals surface area contributed by atoms with Crippen molar-refractivity contribution < 1.29 is 13.6 Å². The summed E-state index contributed by atoms with van der Waals surface area (Å²) < 4.78 is 25.4. The number of carbonyl (C=O) groups excluding carboxylic acids is 1. The minimum Gasteiger partial charge on any atom is -0.324 e. The number of carbonyl (C=O) groups is 1. The third-order valence-electron chi connectivity index (χ3n) is 2.20. The predicted octanol–water partition coefficient (Wildman–Crippen LogP) is 1.55. The minimum absolute atomic E-state index is 0.137. The van der Waals surface area contributed by atoms with E-state index in [1.54, 1.807) is 0 Å². The summed E-state index contributed by atoms with van der Waals surface area (Å²) in [6, 6.07) is 1.43. The van der Waals surface area contributed by atoms with Crippen LogP contribution in [-0.2, 0) is 0 Å². The summed E-state index contributed by atoms with van der Waals surface area (Å²) in [5.41, 5.74) is 6.17. The van der Waals surface area contributed by atoms with E-state index in [0.717, 1.165) is 12.1 Å². The minimum atomic E-state index is -0.999. The van der Waals surface area contributed by atoms with Gasteiger partial charge in [-0.15, -0.1) is 0 Å². The first-order valence-electron chi connectivity index (χ1n) is 3.87. The third-order valence-corrected chi connectivity index (χ3v) is 2.20. The number of halogens is 2. The lowest BCUT2D eigenvalue weighted by Gasteiger charge is -2.02. The zero-order valence-corrected chi connectivity index (χ0v) is 6.68. The zero-order chi connectivity index (χ0) is 9.59. The lowest BCUT2D eigenvalue weighted by Crippen LogP contribution is -2.06. The molecule has 13 heavy (non-hydrogen) atoms. The maximum absolute atomic E-state index is 12.7. The average molecular weight is 183 g/mol. The van der Waals surface area contributed by atoms with E-state index in [1.165, 1.54) is 0 Å². The Morgan fingerprint density at radius 2 is 1.92 bits per heavy atom. The Bertz CT molecular complexity index is 389. The van der Waals surface area contributed by atoms with Gasteiger partial charge in [-0.3, -0.25) is 4.79 Å². The van der Waals surface area contributed by atoms with E-state index in [9.17, 15) is 13.6 Å². The molecule has 2 rings (SSSR count). The molecule has 1 aliphatic carbocycles. The normalized spacial score (nSPS) is 20.5. The second-order valence-electron chi connectivity index (χ2n) is 3.09. The number of hydrogen-bond donors (Lipinski definition) is 1. The molecule has 0 saturated heterocycles. The molecule has 2 nitrogen and oxygen atoms in total. The van der Waals surface area contributed by atoms with Crippen LogP contribution in [-0.4, -0.2) is 5.78 Å². The molecule has 68 valence electrons. The Balaban J connectivity index is 2.65. The van der Waals surface area contributed by atoms with Crippen LogP contribution in [0.2, 0.25) is 0 Å². The molecule has 0 aromatic heterocycles. The number of hydrogen-bond acceptors (Lipinski definition) is 2. The topological polar surface area (TPSA) is 43.1 Å². The van der Waals surface area contributed by atoms with Crippen molar-refractivity contribution in [2.75, 3.05) is 0 Å². The maximum Gasteiger partial charge on any atom is 0.165 e. The van der Waals surface area contributed by atoms with Gasteiger partial charge in [0.15, 0.2) is 17.4 Å². The van der Waals surface area contributed by atoms with E-state index in [4.69, 9.17) is 5.73 Å². The highest BCUT2D eigenvalue weighted by Gasteiger charge is 2.28. The van der Waals surface area contributed by atoms with Crippen molar-refractivity contribution in [3.8, 4) is 0 Å². The molecule has 0 unspecified atom stereocenters. The molecule has 0 radical (unpaired) electrons. The van der Waals surface area contributed by atoms with Crippen LogP contribution in [0.5, 0.6) is 0 Å². The summed E-state index contributed by atoms with van der Waals surface area (Å²) in [7, 11) is 0. The number of benzene rings is 1. The van der Waals surface area contributed by atoms with E-state index in [2.05, 4.69) is 0 Å². The Morgan fingerprint density at radius 3 is 2.62 bits per heavy atom. The molecule has 4 heteroatoms. The molecule has 0 aliphatic heterocycles. The lowest BCUT2D eigenvalue weighted by atomic mass is 10.1. The van der Waals surface area contributed by atoms with Crippen molar-refractivity contribution in [1.29, 1.82) is 0 Å². The summed E-state index contributed by atoms with van der Waals surface area (Å²) >= 11 is 0. The molecule has 0 fully saturated rings. The highest BCUT2D eigenvalue weighted by molar-refractivity contribution is 6.01. The Kier molecular flexibility index (Phi) is 1.66. The van der Waals surface area contributed by atoms with Crippen molar-refractivity contribution in [3.63, 3.8) is 0 Å². The van der Waals surface area contributed by atoms with Crippen LogP contribution in [0.15, 0.2) is 12.1 Å². The number of nitrogens with two attached hydrogens (primary N) is 1. The molecule has 0 heterocycles. The molecular formula is C9H7F2NO. The van der Waals surface area contributed by atoms with Crippen LogP contribution in [0.4, 0.5) is 8.78 Å². The molecule has 1 aromatic rings. The van der Waals surface area contributed by atoms with E-state index in [0.29, 0.717) is 5.56 Å². The molecule has 0 bridgehead atoms. The van der Waals surface area contributed by atoms with E-state index in [-0.39, 0.29) is 17.8 Å². The molecule has 0 saturated carbocycles. The quantitative estimate of drug-likeness (QED) is 0.663. The second kappa shape index (κ2) is 2.60. The summed E-state index contributed by atoms with van der Waals surface area (Å²) in [6.07, 6.45) is 0.137. The van der Waals surface area contributed by atoms with Gasteiger partial charge in [0.1, 0.15) is 0 Å². The van der Waals surface area contributed by atoms with Gasteiger partial charge in [-0.25, -0.2) is 8.78 Å². The molecule has 1 aliphatic rings. The standard InChI is InChI=1S/C9H7F2NO/c10-6-1-4-5(2-7(6)11)9(13)3-8(4)12/h1-2,8H,3,12H2/t8-/m0/s1. The molecule has 1 aromatic carbocycles. The Morgan fingerprint density at radius 1 is 1.31 bits per heavy atom. The second-order valence-corrected chi connectivity index (χ2v) is 3.09. The maximum atomic E-state index is 12.7. The van der Waals surface area contributed by atoms with Gasteiger partial charge in [-0.1, -0.05) is 0 Å². The highest BCUT2D eigenvalue weighted by atomic mass is 19.2. The molecule has 1 atom stereocenters. The van der Waals surface area contributed by atoms with Crippen molar-refractivity contribution in [1.82, 2.24) is 0 Å². The first kappa shape index (κ1) is 8.31. The Labute approximate surface area is 73.4 Å². The van der Waals surface area contributed by atoms with Gasteiger partial charge in [0.25, 0.3) is 0 Å². The van der Waals surface area contributed by atoms with Crippen molar-refractivity contribution in [2.45, 2.75) is 12.5 Å². The van der Waals surface area contributed by atoms with Crippen LogP contribution < -0.4 is 5.73 Å². The van der Waals surface area contributed by atoms with Gasteiger partial charge < -0.3 is 5.73 Å². The predicted molar refractivity (Wildman–Crippen MR) is 42.2 cm³/mol. The summed E-state index contributed by atoms with van der Waals surface area (Å²) in [5, 5.41) is 0. The van der Waals surface area contributed by atoms with E-state index in [1.807, 2.05) is 0 Å². The first-order valence-corrected chi connectivity index (χ1v) is 3.87. The van der Waals surface area contributed by atoms with E-state index >= 15 is 0 Å². The third kappa shape index (κ3) is 1.14. The van der Waals surface area contributed by atoms with Gasteiger partial charge >= 0.3 is 0 Å². The molecular weight excluding hydrogens is 176 g/mol. The van der Waals surface area contributed by atoms with Crippen LogP contribution in [0, 0.1) is 11.6 Å². The van der Waals surface area contributed by atoms with Crippen LogP contribution in [0.25, 0.3) is 0 Å². The molecule has 0 amide bonds. The van der Waals surface area contributed by atoms with Gasteiger partial charge in [0.2, 0.25) is 0 Å². The number of Topliss-reactive ketones (excluding diaryl/α,β-unsaturated/α-hetero) is 1. The smallest absolute Gasteiger partial charge is 0.165 e. The zero-order valence-electron chi connectivity index (χ0n) is 6.68. The SMILES string of the molecule is N[C@H]1CC(=O)c2cc(F)c(F)cc21. The molecule has 2 N–H and O–H groups in total. The first-order chi connectivity index (χ1) is 6.09. The molecule has 0 spiro atoms. The van der Waals surface area contributed by atoms with Crippen LogP contribution in [0.1, 0.15) is 28.4 Å². The lowest BCUT2D eigenvalue weighted by molar-refractivity contribution is 0.0989. The average Bonchev–Trinajstić information content (AvgIpc) is 2.31. The highest BCUT2D eigenvalue weighted by Crippen LogP contribution is 2.30. The fraction of sp³-hybridized carbons (Fsp3) is 0.222. The summed E-state index contributed by atoms with van der Waals surface area (Å²) in [4.78, 5) is 11.2.